The van der Waals surface area contributed by atoms with Gasteiger partial charge < -0.3 is 19.6 Å². The highest BCUT2D eigenvalue weighted by Gasteiger charge is 2.20. The summed E-state index contributed by atoms with van der Waals surface area (Å²) in [5, 5.41) is 12.4. The third kappa shape index (κ3) is 3.56. The Morgan fingerprint density at radius 3 is 2.71 bits per heavy atom. The Labute approximate surface area is 102 Å². The first-order valence-corrected chi connectivity index (χ1v) is 6.29. The van der Waals surface area contributed by atoms with E-state index in [1.165, 1.54) is 0 Å². The molecule has 1 fully saturated rings. The first-order valence-electron chi connectivity index (χ1n) is 6.29. The Balaban J connectivity index is 1.76. The van der Waals surface area contributed by atoms with Crippen molar-refractivity contribution in [3.63, 3.8) is 0 Å². The van der Waals surface area contributed by atoms with E-state index in [2.05, 4.69) is 12.2 Å². The Kier molecular flexibility index (Phi) is 4.59. The summed E-state index contributed by atoms with van der Waals surface area (Å²) in [7, 11) is 0. The molecule has 1 atom stereocenters. The summed E-state index contributed by atoms with van der Waals surface area (Å²) in [5.41, 5.74) is 0. The number of aliphatic hydroxyl groups excluding tert-OH is 1. The molecule has 0 aromatic carbocycles. The molecule has 96 valence electrons. The van der Waals surface area contributed by atoms with Gasteiger partial charge in [0.2, 0.25) is 0 Å². The number of hydrogen-bond acceptors (Lipinski definition) is 4. The Morgan fingerprint density at radius 2 is 2.06 bits per heavy atom. The predicted molar refractivity (Wildman–Crippen MR) is 64.5 cm³/mol. The predicted octanol–water partition coefficient (Wildman–Crippen LogP) is 1.68. The van der Waals surface area contributed by atoms with Gasteiger partial charge in [0.15, 0.2) is 0 Å². The van der Waals surface area contributed by atoms with Gasteiger partial charge in [-0.05, 0) is 37.8 Å². The van der Waals surface area contributed by atoms with Crippen LogP contribution in [0.5, 0.6) is 0 Å². The monoisotopic (exact) mass is 239 g/mol. The maximum atomic E-state index is 8.90. The molecule has 1 aromatic rings. The lowest BCUT2D eigenvalue weighted by Crippen LogP contribution is -2.36. The number of rotatable bonds is 5. The summed E-state index contributed by atoms with van der Waals surface area (Å²) in [6, 6.07) is 4.20. The first kappa shape index (κ1) is 12.6. The first-order chi connectivity index (χ1) is 8.29. The highest BCUT2D eigenvalue weighted by molar-refractivity contribution is 5.06. The van der Waals surface area contributed by atoms with Crippen LogP contribution in [0.15, 0.2) is 16.5 Å². The second-order valence-electron chi connectivity index (χ2n) is 4.65. The molecule has 2 rings (SSSR count). The van der Waals surface area contributed by atoms with E-state index in [-0.39, 0.29) is 6.61 Å². The second kappa shape index (κ2) is 6.19. The molecule has 0 bridgehead atoms. The van der Waals surface area contributed by atoms with E-state index >= 15 is 0 Å². The van der Waals surface area contributed by atoms with E-state index in [4.69, 9.17) is 14.3 Å². The minimum absolute atomic E-state index is 0.0322. The lowest BCUT2D eigenvalue weighted by Gasteiger charge is -2.28. The zero-order valence-electron chi connectivity index (χ0n) is 10.3. The molecule has 1 aliphatic heterocycles. The van der Waals surface area contributed by atoms with Crippen molar-refractivity contribution in [2.45, 2.75) is 39.0 Å². The van der Waals surface area contributed by atoms with Gasteiger partial charge in [-0.3, -0.25) is 0 Å². The third-order valence-electron chi connectivity index (χ3n) is 3.44. The quantitative estimate of drug-likeness (QED) is 0.820. The van der Waals surface area contributed by atoms with Crippen LogP contribution in [-0.2, 0) is 17.9 Å². The van der Waals surface area contributed by atoms with Crippen LogP contribution in [0.3, 0.4) is 0 Å². The van der Waals surface area contributed by atoms with Crippen molar-refractivity contribution in [2.24, 2.45) is 5.92 Å². The van der Waals surface area contributed by atoms with Crippen LogP contribution >= 0.6 is 0 Å². The van der Waals surface area contributed by atoms with Crippen molar-refractivity contribution < 1.29 is 14.3 Å². The maximum absolute atomic E-state index is 8.90. The fourth-order valence-corrected chi connectivity index (χ4v) is 2.25. The average Bonchev–Trinajstić information content (AvgIpc) is 2.85. The summed E-state index contributed by atoms with van der Waals surface area (Å²) in [4.78, 5) is 0. The van der Waals surface area contributed by atoms with Gasteiger partial charge in [0.1, 0.15) is 18.1 Å². The molecule has 0 aliphatic carbocycles. The number of furan rings is 1. The van der Waals surface area contributed by atoms with E-state index in [0.717, 1.165) is 38.4 Å². The van der Waals surface area contributed by atoms with Gasteiger partial charge in [0.05, 0.1) is 6.54 Å². The molecule has 0 amide bonds. The van der Waals surface area contributed by atoms with Crippen molar-refractivity contribution in [3.05, 3.63) is 23.7 Å². The van der Waals surface area contributed by atoms with E-state index in [1.54, 1.807) is 0 Å². The van der Waals surface area contributed by atoms with Gasteiger partial charge in [0.25, 0.3) is 0 Å². The molecule has 4 heteroatoms. The van der Waals surface area contributed by atoms with Crippen molar-refractivity contribution in [2.75, 3.05) is 13.2 Å². The fraction of sp³-hybridized carbons (Fsp3) is 0.692. The van der Waals surface area contributed by atoms with Crippen LogP contribution < -0.4 is 5.32 Å². The van der Waals surface area contributed by atoms with E-state index < -0.39 is 0 Å². The Morgan fingerprint density at radius 1 is 1.35 bits per heavy atom. The normalized spacial score (nSPS) is 19.4. The summed E-state index contributed by atoms with van der Waals surface area (Å²) in [6.07, 6.45) is 2.27. The zero-order chi connectivity index (χ0) is 12.1. The lowest BCUT2D eigenvalue weighted by atomic mass is 9.93. The summed E-state index contributed by atoms with van der Waals surface area (Å²) in [6.45, 7) is 4.66. The number of hydrogen-bond donors (Lipinski definition) is 2. The molecule has 0 spiro atoms. The molecule has 17 heavy (non-hydrogen) atoms. The lowest BCUT2D eigenvalue weighted by molar-refractivity contribution is 0.0555. The van der Waals surface area contributed by atoms with E-state index in [0.29, 0.717) is 17.7 Å². The average molecular weight is 239 g/mol. The number of aliphatic hydroxyl groups is 1. The highest BCUT2D eigenvalue weighted by atomic mass is 16.5. The van der Waals surface area contributed by atoms with Gasteiger partial charge in [-0.1, -0.05) is 0 Å². The van der Waals surface area contributed by atoms with Crippen LogP contribution in [0.4, 0.5) is 0 Å². The third-order valence-corrected chi connectivity index (χ3v) is 3.44. The smallest absolute Gasteiger partial charge is 0.129 e. The van der Waals surface area contributed by atoms with Crippen molar-refractivity contribution in [1.82, 2.24) is 5.32 Å². The standard InChI is InChI=1S/C13H21NO3/c1-10(11-4-6-16-7-5-11)14-8-12-2-3-13(9-15)17-12/h2-3,10-11,14-15H,4-9H2,1H3. The van der Waals surface area contributed by atoms with Crippen molar-refractivity contribution >= 4 is 0 Å². The van der Waals surface area contributed by atoms with Gasteiger partial charge in [-0.15, -0.1) is 0 Å². The zero-order valence-corrected chi connectivity index (χ0v) is 10.3. The van der Waals surface area contributed by atoms with E-state index in [1.807, 2.05) is 12.1 Å². The molecule has 0 saturated carbocycles. The molecule has 1 aliphatic rings. The van der Waals surface area contributed by atoms with E-state index in [9.17, 15) is 0 Å². The molecule has 1 aromatic heterocycles. The molecule has 2 N–H and O–H groups in total. The van der Waals surface area contributed by atoms with Crippen LogP contribution in [0, 0.1) is 5.92 Å². The number of nitrogens with one attached hydrogen (secondary N) is 1. The van der Waals surface area contributed by atoms with Crippen LogP contribution in [-0.4, -0.2) is 24.4 Å². The Bertz CT molecular complexity index is 331. The minimum Gasteiger partial charge on any atom is -0.462 e. The summed E-state index contributed by atoms with van der Waals surface area (Å²) >= 11 is 0. The van der Waals surface area contributed by atoms with Crippen molar-refractivity contribution in [1.29, 1.82) is 0 Å². The molecule has 0 radical (unpaired) electrons. The van der Waals surface area contributed by atoms with Gasteiger partial charge in [0, 0.05) is 19.3 Å². The van der Waals surface area contributed by atoms with Gasteiger partial charge in [-0.2, -0.15) is 0 Å². The molecule has 1 unspecified atom stereocenters. The molecular weight excluding hydrogens is 218 g/mol. The fourth-order valence-electron chi connectivity index (χ4n) is 2.25. The maximum Gasteiger partial charge on any atom is 0.129 e. The topological polar surface area (TPSA) is 54.6 Å². The highest BCUT2D eigenvalue weighted by Crippen LogP contribution is 2.19. The molecule has 2 heterocycles. The van der Waals surface area contributed by atoms with Gasteiger partial charge in [-0.25, -0.2) is 0 Å². The summed E-state index contributed by atoms with van der Waals surface area (Å²) < 4.78 is 10.8. The van der Waals surface area contributed by atoms with Crippen LogP contribution in [0.1, 0.15) is 31.3 Å². The number of ether oxygens (including phenoxy) is 1. The molecule has 1 saturated heterocycles. The minimum atomic E-state index is -0.0322. The molecule has 4 nitrogen and oxygen atoms in total. The van der Waals surface area contributed by atoms with Crippen LogP contribution in [0.2, 0.25) is 0 Å². The van der Waals surface area contributed by atoms with Gasteiger partial charge >= 0.3 is 0 Å². The Hall–Kier alpha value is -0.840. The SMILES string of the molecule is CC(NCc1ccc(CO)o1)C1CCOCC1. The largest absolute Gasteiger partial charge is 0.462 e. The summed E-state index contributed by atoms with van der Waals surface area (Å²) in [5.74, 6) is 2.20. The second-order valence-corrected chi connectivity index (χ2v) is 4.65. The molecular formula is C13H21NO3. The van der Waals surface area contributed by atoms with Crippen molar-refractivity contribution in [3.8, 4) is 0 Å². The van der Waals surface area contributed by atoms with Crippen LogP contribution in [0.25, 0.3) is 0 Å².